The number of nitrogens with zero attached hydrogens (tertiary/aromatic N) is 2. The minimum atomic E-state index is -3.19. The van der Waals surface area contributed by atoms with Gasteiger partial charge in [-0.15, -0.1) is 0 Å². The van der Waals surface area contributed by atoms with E-state index in [9.17, 15) is 13.2 Å². The maximum absolute atomic E-state index is 12.3. The van der Waals surface area contributed by atoms with E-state index in [0.717, 1.165) is 32.4 Å². The number of rotatable bonds is 5. The smallest absolute Gasteiger partial charge is 0.224 e. The molecule has 2 fully saturated rings. The van der Waals surface area contributed by atoms with Gasteiger partial charge in [0.15, 0.2) is 0 Å². The number of nitrogens with one attached hydrogen (secondary N) is 1. The second kappa shape index (κ2) is 7.07. The molecule has 0 spiro atoms. The summed E-state index contributed by atoms with van der Waals surface area (Å²) in [6, 6.07) is 0.438. The molecule has 7 heteroatoms. The molecule has 2 aliphatic heterocycles. The summed E-state index contributed by atoms with van der Waals surface area (Å²) in [4.78, 5) is 14.7. The number of piperidine rings is 1. The summed E-state index contributed by atoms with van der Waals surface area (Å²) in [5.74, 6) is -0.198. The Labute approximate surface area is 127 Å². The van der Waals surface area contributed by atoms with Crippen LogP contribution in [0.3, 0.4) is 0 Å². The first-order valence-corrected chi connectivity index (χ1v) is 9.73. The SMILES string of the molecule is CCN1CCC[C@H]1CNC(=O)[C@@H]1CCCN(S(C)(=O)=O)C1. The fourth-order valence-electron chi connectivity index (χ4n) is 3.36. The molecule has 0 aromatic rings. The van der Waals surface area contributed by atoms with Crippen molar-refractivity contribution in [1.29, 1.82) is 0 Å². The first-order chi connectivity index (χ1) is 9.91. The minimum Gasteiger partial charge on any atom is -0.354 e. The summed E-state index contributed by atoms with van der Waals surface area (Å²) in [7, 11) is -3.19. The van der Waals surface area contributed by atoms with Crippen LogP contribution in [0.5, 0.6) is 0 Å². The Balaban J connectivity index is 1.83. The van der Waals surface area contributed by atoms with Crippen molar-refractivity contribution in [2.24, 2.45) is 5.92 Å². The molecule has 21 heavy (non-hydrogen) atoms. The fraction of sp³-hybridized carbons (Fsp3) is 0.929. The van der Waals surface area contributed by atoms with Crippen LogP contribution in [-0.4, -0.2) is 68.6 Å². The second-order valence-electron chi connectivity index (χ2n) is 6.13. The van der Waals surface area contributed by atoms with Gasteiger partial charge in [0, 0.05) is 25.7 Å². The molecule has 6 nitrogen and oxygen atoms in total. The van der Waals surface area contributed by atoms with Crippen LogP contribution in [0.25, 0.3) is 0 Å². The van der Waals surface area contributed by atoms with Crippen LogP contribution in [0.4, 0.5) is 0 Å². The zero-order chi connectivity index (χ0) is 15.5. The first-order valence-electron chi connectivity index (χ1n) is 7.88. The van der Waals surface area contributed by atoms with E-state index in [-0.39, 0.29) is 11.8 Å². The molecule has 1 amide bonds. The number of hydrogen-bond acceptors (Lipinski definition) is 4. The molecule has 2 rings (SSSR count). The number of hydrogen-bond donors (Lipinski definition) is 1. The van der Waals surface area contributed by atoms with E-state index in [2.05, 4.69) is 17.1 Å². The number of likely N-dealkylation sites (N-methyl/N-ethyl adjacent to an activating group) is 1. The van der Waals surface area contributed by atoms with Crippen molar-refractivity contribution in [1.82, 2.24) is 14.5 Å². The molecule has 0 saturated carbocycles. The number of likely N-dealkylation sites (tertiary alicyclic amines) is 1. The maximum atomic E-state index is 12.3. The van der Waals surface area contributed by atoms with Crippen molar-refractivity contribution in [3.8, 4) is 0 Å². The minimum absolute atomic E-state index is 0.00584. The van der Waals surface area contributed by atoms with Crippen molar-refractivity contribution in [3.05, 3.63) is 0 Å². The van der Waals surface area contributed by atoms with E-state index in [4.69, 9.17) is 0 Å². The normalized spacial score (nSPS) is 28.7. The number of carbonyl (C=O) groups is 1. The molecule has 122 valence electrons. The molecule has 0 unspecified atom stereocenters. The van der Waals surface area contributed by atoms with Crippen LogP contribution < -0.4 is 5.32 Å². The number of sulfonamides is 1. The molecular weight excluding hydrogens is 290 g/mol. The molecule has 2 aliphatic rings. The van der Waals surface area contributed by atoms with Crippen LogP contribution >= 0.6 is 0 Å². The quantitative estimate of drug-likeness (QED) is 0.789. The lowest BCUT2D eigenvalue weighted by Crippen LogP contribution is -2.47. The van der Waals surface area contributed by atoms with Crippen molar-refractivity contribution >= 4 is 15.9 Å². The predicted octanol–water partition coefficient (Wildman–Crippen LogP) is 0.259. The van der Waals surface area contributed by atoms with Gasteiger partial charge in [-0.3, -0.25) is 9.69 Å². The molecule has 2 heterocycles. The predicted molar refractivity (Wildman–Crippen MR) is 82.4 cm³/mol. The summed E-state index contributed by atoms with van der Waals surface area (Å²) in [6.07, 6.45) is 5.08. The molecule has 2 atom stereocenters. The monoisotopic (exact) mass is 317 g/mol. The van der Waals surface area contributed by atoms with Gasteiger partial charge in [0.05, 0.1) is 12.2 Å². The van der Waals surface area contributed by atoms with Gasteiger partial charge in [0.1, 0.15) is 0 Å². The molecule has 2 saturated heterocycles. The third-order valence-corrected chi connectivity index (χ3v) is 5.91. The Hall–Kier alpha value is -0.660. The van der Waals surface area contributed by atoms with Crippen molar-refractivity contribution in [2.75, 3.05) is 39.0 Å². The number of carbonyl (C=O) groups excluding carboxylic acids is 1. The van der Waals surface area contributed by atoms with E-state index in [0.29, 0.717) is 25.7 Å². The van der Waals surface area contributed by atoms with Gasteiger partial charge in [-0.1, -0.05) is 6.92 Å². The van der Waals surface area contributed by atoms with E-state index >= 15 is 0 Å². The zero-order valence-electron chi connectivity index (χ0n) is 13.0. The highest BCUT2D eigenvalue weighted by Gasteiger charge is 2.31. The second-order valence-corrected chi connectivity index (χ2v) is 8.11. The molecule has 1 N–H and O–H groups in total. The lowest BCUT2D eigenvalue weighted by atomic mass is 9.98. The van der Waals surface area contributed by atoms with Gasteiger partial charge in [-0.25, -0.2) is 12.7 Å². The van der Waals surface area contributed by atoms with Gasteiger partial charge in [-0.05, 0) is 38.8 Å². The van der Waals surface area contributed by atoms with E-state index < -0.39 is 10.0 Å². The molecule has 0 aliphatic carbocycles. The topological polar surface area (TPSA) is 69.7 Å². The van der Waals surface area contributed by atoms with Crippen molar-refractivity contribution in [3.63, 3.8) is 0 Å². The maximum Gasteiger partial charge on any atom is 0.224 e. The van der Waals surface area contributed by atoms with Crippen LogP contribution in [0.2, 0.25) is 0 Å². The van der Waals surface area contributed by atoms with Crippen molar-refractivity contribution in [2.45, 2.75) is 38.6 Å². The molecule has 0 aromatic carbocycles. The van der Waals surface area contributed by atoms with Crippen LogP contribution in [0.15, 0.2) is 0 Å². The van der Waals surface area contributed by atoms with Gasteiger partial charge in [0.2, 0.25) is 15.9 Å². The van der Waals surface area contributed by atoms with Crippen LogP contribution in [-0.2, 0) is 14.8 Å². The summed E-state index contributed by atoms with van der Waals surface area (Å²) >= 11 is 0. The Kier molecular flexibility index (Phi) is 5.62. The molecule has 0 radical (unpaired) electrons. The van der Waals surface area contributed by atoms with Crippen LogP contribution in [0.1, 0.15) is 32.6 Å². The Morgan fingerprint density at radius 1 is 1.24 bits per heavy atom. The third kappa shape index (κ3) is 4.40. The average Bonchev–Trinajstić information content (AvgIpc) is 2.91. The summed E-state index contributed by atoms with van der Waals surface area (Å²) in [5, 5.41) is 3.03. The Bertz CT molecular complexity index is 466. The molecule has 0 bridgehead atoms. The summed E-state index contributed by atoms with van der Waals surface area (Å²) in [5.41, 5.74) is 0. The Morgan fingerprint density at radius 2 is 1.95 bits per heavy atom. The summed E-state index contributed by atoms with van der Waals surface area (Å²) < 4.78 is 24.6. The molecule has 0 aromatic heterocycles. The number of amides is 1. The van der Waals surface area contributed by atoms with Crippen LogP contribution in [0, 0.1) is 5.92 Å². The fourth-order valence-corrected chi connectivity index (χ4v) is 4.27. The van der Waals surface area contributed by atoms with Gasteiger partial charge in [-0.2, -0.15) is 0 Å². The van der Waals surface area contributed by atoms with E-state index in [1.807, 2.05) is 0 Å². The molecular formula is C14H27N3O3S. The lowest BCUT2D eigenvalue weighted by molar-refractivity contribution is -0.126. The highest BCUT2D eigenvalue weighted by Crippen LogP contribution is 2.20. The largest absolute Gasteiger partial charge is 0.354 e. The average molecular weight is 317 g/mol. The first kappa shape index (κ1) is 16.7. The van der Waals surface area contributed by atoms with Gasteiger partial charge < -0.3 is 5.32 Å². The van der Waals surface area contributed by atoms with E-state index in [1.165, 1.54) is 17.0 Å². The summed E-state index contributed by atoms with van der Waals surface area (Å²) in [6.45, 7) is 5.82. The zero-order valence-corrected chi connectivity index (χ0v) is 13.9. The van der Waals surface area contributed by atoms with Gasteiger partial charge >= 0.3 is 0 Å². The van der Waals surface area contributed by atoms with E-state index in [1.54, 1.807) is 0 Å². The highest BCUT2D eigenvalue weighted by atomic mass is 32.2. The van der Waals surface area contributed by atoms with Gasteiger partial charge in [0.25, 0.3) is 0 Å². The lowest BCUT2D eigenvalue weighted by Gasteiger charge is -2.31. The standard InChI is InChI=1S/C14H27N3O3S/c1-3-16-8-5-7-13(16)10-15-14(18)12-6-4-9-17(11-12)21(2,19)20/h12-13H,3-11H2,1-2H3,(H,15,18)/t12-,13+/m1/s1. The highest BCUT2D eigenvalue weighted by molar-refractivity contribution is 7.88. The Morgan fingerprint density at radius 3 is 2.62 bits per heavy atom. The van der Waals surface area contributed by atoms with Crippen molar-refractivity contribution < 1.29 is 13.2 Å². The third-order valence-electron chi connectivity index (χ3n) is 4.64.